The van der Waals surface area contributed by atoms with Crippen LogP contribution in [0.25, 0.3) is 0 Å². The molecule has 3 heterocycles. The Balaban J connectivity index is 1.86. The van der Waals surface area contributed by atoms with E-state index in [2.05, 4.69) is 10.2 Å². The van der Waals surface area contributed by atoms with Crippen molar-refractivity contribution in [3.8, 4) is 0 Å². The van der Waals surface area contributed by atoms with Gasteiger partial charge in [0.05, 0.1) is 16.6 Å². The summed E-state index contributed by atoms with van der Waals surface area (Å²) in [7, 11) is 0. The molecule has 1 aliphatic rings. The monoisotopic (exact) mass is 275 g/mol. The molecule has 2 aromatic rings. The highest BCUT2D eigenvalue weighted by Gasteiger charge is 2.30. The number of rotatable bonds is 2. The number of thiophene rings is 1. The summed E-state index contributed by atoms with van der Waals surface area (Å²) in [6.07, 6.45) is 5.01. The lowest BCUT2D eigenvalue weighted by Gasteiger charge is -2.34. The van der Waals surface area contributed by atoms with Gasteiger partial charge >= 0.3 is 0 Å². The van der Waals surface area contributed by atoms with Gasteiger partial charge in [-0.05, 0) is 49.3 Å². The van der Waals surface area contributed by atoms with E-state index in [0.29, 0.717) is 0 Å². The van der Waals surface area contributed by atoms with E-state index in [0.717, 1.165) is 41.9 Å². The minimum absolute atomic E-state index is 0.145. The molecule has 0 saturated carbocycles. The first-order chi connectivity index (χ1) is 9.25. The van der Waals surface area contributed by atoms with Crippen LogP contribution in [0.1, 0.15) is 46.2 Å². The Morgan fingerprint density at radius 1 is 1.53 bits per heavy atom. The standard InChI is InChI=1S/C14H17N3OS/c1-10-8-13(19-9-10)14(18)17-7-3-2-4-12(17)11-5-6-15-16-11/h5-6,8-9,12H,2-4,7H2,1H3,(H,15,16). The number of amides is 1. The zero-order chi connectivity index (χ0) is 13.2. The molecule has 0 radical (unpaired) electrons. The number of likely N-dealkylation sites (tertiary alicyclic amines) is 1. The second-order valence-electron chi connectivity index (χ2n) is 5.01. The van der Waals surface area contributed by atoms with E-state index in [1.165, 1.54) is 11.3 Å². The first-order valence-electron chi connectivity index (χ1n) is 6.61. The van der Waals surface area contributed by atoms with Crippen LogP contribution in [0.3, 0.4) is 0 Å². The summed E-state index contributed by atoms with van der Waals surface area (Å²) in [5, 5.41) is 9.05. The van der Waals surface area contributed by atoms with Gasteiger partial charge in [-0.1, -0.05) is 0 Å². The van der Waals surface area contributed by atoms with Crippen LogP contribution in [0.4, 0.5) is 0 Å². The SMILES string of the molecule is Cc1csc(C(=O)N2CCCCC2c2ccn[nH]2)c1. The molecule has 19 heavy (non-hydrogen) atoms. The number of nitrogens with zero attached hydrogens (tertiary/aromatic N) is 2. The van der Waals surface area contributed by atoms with Gasteiger partial charge in [0.2, 0.25) is 0 Å². The van der Waals surface area contributed by atoms with E-state index < -0.39 is 0 Å². The molecule has 1 unspecified atom stereocenters. The maximum absolute atomic E-state index is 12.6. The molecule has 1 aliphatic heterocycles. The van der Waals surface area contributed by atoms with Gasteiger partial charge in [-0.2, -0.15) is 5.10 Å². The Morgan fingerprint density at radius 2 is 2.42 bits per heavy atom. The van der Waals surface area contributed by atoms with Crippen LogP contribution < -0.4 is 0 Å². The highest BCUT2D eigenvalue weighted by atomic mass is 32.1. The predicted octanol–water partition coefficient (Wildman–Crippen LogP) is 3.15. The third-order valence-electron chi connectivity index (χ3n) is 3.59. The van der Waals surface area contributed by atoms with E-state index >= 15 is 0 Å². The molecule has 5 heteroatoms. The topological polar surface area (TPSA) is 49.0 Å². The number of piperidine rings is 1. The van der Waals surface area contributed by atoms with Crippen molar-refractivity contribution in [3.05, 3.63) is 39.8 Å². The Hall–Kier alpha value is -1.62. The largest absolute Gasteiger partial charge is 0.329 e. The molecule has 1 fully saturated rings. The van der Waals surface area contributed by atoms with Crippen molar-refractivity contribution in [1.29, 1.82) is 0 Å². The van der Waals surface area contributed by atoms with Crippen LogP contribution >= 0.6 is 11.3 Å². The fraction of sp³-hybridized carbons (Fsp3) is 0.429. The highest BCUT2D eigenvalue weighted by molar-refractivity contribution is 7.12. The van der Waals surface area contributed by atoms with Crippen LogP contribution in [0.2, 0.25) is 0 Å². The Morgan fingerprint density at radius 3 is 3.11 bits per heavy atom. The molecule has 1 amide bonds. The third kappa shape index (κ3) is 2.42. The van der Waals surface area contributed by atoms with E-state index in [4.69, 9.17) is 0 Å². The van der Waals surface area contributed by atoms with Gasteiger partial charge in [0.25, 0.3) is 5.91 Å². The van der Waals surface area contributed by atoms with Gasteiger partial charge in [-0.3, -0.25) is 9.89 Å². The molecule has 0 aliphatic carbocycles. The Bertz CT molecular complexity index is 561. The van der Waals surface area contributed by atoms with E-state index in [9.17, 15) is 4.79 Å². The maximum Gasteiger partial charge on any atom is 0.264 e. The van der Waals surface area contributed by atoms with Crippen molar-refractivity contribution >= 4 is 17.2 Å². The number of carbonyl (C=O) groups is 1. The molecule has 0 spiro atoms. The molecule has 3 rings (SSSR count). The highest BCUT2D eigenvalue weighted by Crippen LogP contribution is 2.31. The summed E-state index contributed by atoms with van der Waals surface area (Å²) >= 11 is 1.53. The normalized spacial score (nSPS) is 19.6. The van der Waals surface area contributed by atoms with Gasteiger partial charge in [0, 0.05) is 12.7 Å². The van der Waals surface area contributed by atoms with Crippen molar-refractivity contribution in [2.24, 2.45) is 0 Å². The average Bonchev–Trinajstić information content (AvgIpc) is 3.09. The quantitative estimate of drug-likeness (QED) is 0.915. The molecule has 1 atom stereocenters. The van der Waals surface area contributed by atoms with E-state index in [1.54, 1.807) is 6.20 Å². The first-order valence-corrected chi connectivity index (χ1v) is 7.49. The summed E-state index contributed by atoms with van der Waals surface area (Å²) < 4.78 is 0. The number of H-pyrrole nitrogens is 1. The smallest absolute Gasteiger partial charge is 0.264 e. The van der Waals surface area contributed by atoms with Crippen molar-refractivity contribution in [3.63, 3.8) is 0 Å². The number of aromatic nitrogens is 2. The zero-order valence-corrected chi connectivity index (χ0v) is 11.7. The number of nitrogens with one attached hydrogen (secondary N) is 1. The molecule has 100 valence electrons. The van der Waals surface area contributed by atoms with Gasteiger partial charge in [-0.25, -0.2) is 0 Å². The molecular weight excluding hydrogens is 258 g/mol. The Kier molecular flexibility index (Phi) is 3.38. The van der Waals surface area contributed by atoms with Gasteiger partial charge in [0.1, 0.15) is 0 Å². The van der Waals surface area contributed by atoms with Crippen molar-refractivity contribution < 1.29 is 4.79 Å². The van der Waals surface area contributed by atoms with Crippen molar-refractivity contribution in [1.82, 2.24) is 15.1 Å². The molecule has 2 aromatic heterocycles. The lowest BCUT2D eigenvalue weighted by Crippen LogP contribution is -2.38. The van der Waals surface area contributed by atoms with Crippen molar-refractivity contribution in [2.45, 2.75) is 32.2 Å². The van der Waals surface area contributed by atoms with Crippen LogP contribution in [0, 0.1) is 6.92 Å². The van der Waals surface area contributed by atoms with Crippen LogP contribution in [-0.4, -0.2) is 27.5 Å². The lowest BCUT2D eigenvalue weighted by molar-refractivity contribution is 0.0611. The minimum atomic E-state index is 0.145. The van der Waals surface area contributed by atoms with Gasteiger partial charge in [0.15, 0.2) is 0 Å². The minimum Gasteiger partial charge on any atom is -0.329 e. The summed E-state index contributed by atoms with van der Waals surface area (Å²) in [4.78, 5) is 15.4. The van der Waals surface area contributed by atoms with E-state index in [-0.39, 0.29) is 11.9 Å². The summed E-state index contributed by atoms with van der Waals surface area (Å²) in [6.45, 7) is 2.86. The number of aryl methyl sites for hydroxylation is 1. The Labute approximate surface area is 116 Å². The fourth-order valence-electron chi connectivity index (χ4n) is 2.64. The molecule has 4 nitrogen and oxygen atoms in total. The number of aromatic amines is 1. The van der Waals surface area contributed by atoms with E-state index in [1.807, 2.05) is 29.3 Å². The first kappa shape index (κ1) is 12.4. The molecule has 1 saturated heterocycles. The van der Waals surface area contributed by atoms with Crippen LogP contribution in [0.5, 0.6) is 0 Å². The second kappa shape index (κ2) is 5.17. The maximum atomic E-state index is 12.6. The third-order valence-corrected chi connectivity index (χ3v) is 4.62. The van der Waals surface area contributed by atoms with Crippen LogP contribution in [0.15, 0.2) is 23.7 Å². The molecule has 0 aromatic carbocycles. The van der Waals surface area contributed by atoms with Crippen molar-refractivity contribution in [2.75, 3.05) is 6.54 Å². The summed E-state index contributed by atoms with van der Waals surface area (Å²) in [5.41, 5.74) is 2.20. The number of carbonyl (C=O) groups excluding carboxylic acids is 1. The zero-order valence-electron chi connectivity index (χ0n) is 10.9. The van der Waals surface area contributed by atoms with Crippen LogP contribution in [-0.2, 0) is 0 Å². The molecule has 0 bridgehead atoms. The molecule has 1 N–H and O–H groups in total. The number of hydrogen-bond acceptors (Lipinski definition) is 3. The summed E-state index contributed by atoms with van der Waals surface area (Å²) in [5.74, 6) is 0.150. The second-order valence-corrected chi connectivity index (χ2v) is 5.92. The van der Waals surface area contributed by atoms with Gasteiger partial charge < -0.3 is 4.90 Å². The molecular formula is C14H17N3OS. The van der Waals surface area contributed by atoms with Gasteiger partial charge in [-0.15, -0.1) is 11.3 Å². The average molecular weight is 275 g/mol. The lowest BCUT2D eigenvalue weighted by atomic mass is 9.99. The predicted molar refractivity (Wildman–Crippen MR) is 75.3 cm³/mol. The fourth-order valence-corrected chi connectivity index (χ4v) is 3.49. The number of hydrogen-bond donors (Lipinski definition) is 1. The summed E-state index contributed by atoms with van der Waals surface area (Å²) in [6, 6.07) is 4.09.